The van der Waals surface area contributed by atoms with Crippen molar-refractivity contribution in [2.75, 3.05) is 19.7 Å². The fourth-order valence-corrected chi connectivity index (χ4v) is 4.82. The van der Waals surface area contributed by atoms with Crippen LogP contribution in [0.1, 0.15) is 41.7 Å². The summed E-state index contributed by atoms with van der Waals surface area (Å²) in [4.78, 5) is 30.9. The predicted molar refractivity (Wildman–Crippen MR) is 118 cm³/mol. The largest absolute Gasteiger partial charge is 0.376 e. The number of carbonyl (C=O) groups is 2. The molecule has 5 nitrogen and oxygen atoms in total. The van der Waals surface area contributed by atoms with Gasteiger partial charge in [-0.15, -0.1) is 11.3 Å². The number of thiophene rings is 1. The fraction of sp³-hybridized carbons (Fsp3) is 0.500. The third-order valence-electron chi connectivity index (χ3n) is 5.95. The topological polar surface area (TPSA) is 49.9 Å². The molecule has 0 bridgehead atoms. The van der Waals surface area contributed by atoms with Crippen LogP contribution in [0.4, 0.5) is 4.39 Å². The van der Waals surface area contributed by atoms with E-state index in [2.05, 4.69) is 0 Å². The van der Waals surface area contributed by atoms with Crippen molar-refractivity contribution in [1.29, 1.82) is 0 Å². The molecule has 1 atom stereocenters. The molecule has 31 heavy (non-hydrogen) atoms. The van der Waals surface area contributed by atoms with Gasteiger partial charge in [0.05, 0.1) is 19.2 Å². The van der Waals surface area contributed by atoms with Crippen LogP contribution in [-0.2, 0) is 27.4 Å². The second-order valence-electron chi connectivity index (χ2n) is 8.53. The minimum Gasteiger partial charge on any atom is -0.376 e. The number of hydrogen-bond acceptors (Lipinski definition) is 4. The number of halogens is 1. The van der Waals surface area contributed by atoms with E-state index in [1.165, 1.54) is 12.1 Å². The quantitative estimate of drug-likeness (QED) is 0.584. The van der Waals surface area contributed by atoms with Gasteiger partial charge in [0.1, 0.15) is 5.82 Å². The molecule has 0 N–H and O–H groups in total. The summed E-state index contributed by atoms with van der Waals surface area (Å²) in [6, 6.07) is 8.27. The van der Waals surface area contributed by atoms with Crippen LogP contribution in [0.2, 0.25) is 0 Å². The maximum absolute atomic E-state index is 13.4. The molecule has 1 aliphatic carbocycles. The highest BCUT2D eigenvalue weighted by Crippen LogP contribution is 2.31. The Kier molecular flexibility index (Phi) is 7.02. The standard InChI is InChI=1S/C24H29FN2O3S/c1-17-10-12-31-22(17)15-26(13-18-4-8-20(25)9-5-18)23(28)16-27(24(29)19-6-7-19)14-21-3-2-11-30-21/h4-5,8-10,12,19,21H,2-3,6-7,11,13-16H2,1H3. The Morgan fingerprint density at radius 3 is 2.48 bits per heavy atom. The Hall–Kier alpha value is -2.25. The van der Waals surface area contributed by atoms with Gasteiger partial charge in [0.2, 0.25) is 11.8 Å². The molecule has 1 saturated carbocycles. The maximum atomic E-state index is 13.4. The molecule has 1 unspecified atom stereocenters. The van der Waals surface area contributed by atoms with Gasteiger partial charge < -0.3 is 14.5 Å². The van der Waals surface area contributed by atoms with Gasteiger partial charge in [-0.2, -0.15) is 0 Å². The zero-order chi connectivity index (χ0) is 21.8. The van der Waals surface area contributed by atoms with Crippen molar-refractivity contribution in [2.45, 2.75) is 51.8 Å². The normalized spacial score (nSPS) is 18.2. The summed E-state index contributed by atoms with van der Waals surface area (Å²) in [5, 5.41) is 2.02. The molecule has 4 rings (SSSR count). The number of carbonyl (C=O) groups excluding carboxylic acids is 2. The lowest BCUT2D eigenvalue weighted by atomic mass is 10.2. The van der Waals surface area contributed by atoms with Crippen LogP contribution in [0.3, 0.4) is 0 Å². The highest BCUT2D eigenvalue weighted by molar-refractivity contribution is 7.10. The second kappa shape index (κ2) is 9.92. The van der Waals surface area contributed by atoms with Crippen LogP contribution in [-0.4, -0.2) is 47.4 Å². The van der Waals surface area contributed by atoms with E-state index in [9.17, 15) is 14.0 Å². The van der Waals surface area contributed by atoms with Crippen molar-refractivity contribution in [2.24, 2.45) is 5.92 Å². The van der Waals surface area contributed by atoms with Gasteiger partial charge in [0.25, 0.3) is 0 Å². The molecule has 1 saturated heterocycles. The smallest absolute Gasteiger partial charge is 0.242 e. The van der Waals surface area contributed by atoms with Gasteiger partial charge >= 0.3 is 0 Å². The summed E-state index contributed by atoms with van der Waals surface area (Å²) in [5.41, 5.74) is 2.01. The zero-order valence-electron chi connectivity index (χ0n) is 17.9. The lowest BCUT2D eigenvalue weighted by molar-refractivity contribution is -0.143. The number of nitrogens with zero attached hydrogens (tertiary/aromatic N) is 2. The average Bonchev–Trinajstić information content (AvgIpc) is 3.34. The number of rotatable bonds is 9. The van der Waals surface area contributed by atoms with Crippen LogP contribution >= 0.6 is 11.3 Å². The summed E-state index contributed by atoms with van der Waals surface area (Å²) in [6.07, 6.45) is 3.75. The molecule has 0 spiro atoms. The number of benzene rings is 1. The van der Waals surface area contributed by atoms with Crippen molar-refractivity contribution in [3.63, 3.8) is 0 Å². The van der Waals surface area contributed by atoms with E-state index < -0.39 is 0 Å². The second-order valence-corrected chi connectivity index (χ2v) is 9.53. The molecule has 1 aromatic heterocycles. The molecule has 2 amide bonds. The van der Waals surface area contributed by atoms with Crippen LogP contribution < -0.4 is 0 Å². The van der Waals surface area contributed by atoms with Crippen LogP contribution in [0.5, 0.6) is 0 Å². The van der Waals surface area contributed by atoms with Crippen molar-refractivity contribution in [1.82, 2.24) is 9.80 Å². The first-order chi connectivity index (χ1) is 15.0. The van der Waals surface area contributed by atoms with Gasteiger partial charge in [-0.3, -0.25) is 9.59 Å². The van der Waals surface area contributed by atoms with Gasteiger partial charge in [0, 0.05) is 30.5 Å². The molecule has 0 radical (unpaired) electrons. The molecule has 2 fully saturated rings. The lowest BCUT2D eigenvalue weighted by Gasteiger charge is -2.29. The maximum Gasteiger partial charge on any atom is 0.242 e. The van der Waals surface area contributed by atoms with E-state index in [0.717, 1.165) is 48.3 Å². The molecule has 166 valence electrons. The van der Waals surface area contributed by atoms with Crippen molar-refractivity contribution in [3.05, 3.63) is 57.5 Å². The Morgan fingerprint density at radius 2 is 1.87 bits per heavy atom. The van der Waals surface area contributed by atoms with E-state index in [4.69, 9.17) is 4.74 Å². The summed E-state index contributed by atoms with van der Waals surface area (Å²) in [5.74, 6) is -0.269. The molecular formula is C24H29FN2O3S. The number of ether oxygens (including phenoxy) is 1. The Bertz CT molecular complexity index is 904. The fourth-order valence-electron chi connectivity index (χ4n) is 3.90. The monoisotopic (exact) mass is 444 g/mol. The Balaban J connectivity index is 1.49. The first-order valence-corrected chi connectivity index (χ1v) is 11.8. The van der Waals surface area contributed by atoms with Gasteiger partial charge in [-0.1, -0.05) is 12.1 Å². The average molecular weight is 445 g/mol. The predicted octanol–water partition coefficient (Wildman–Crippen LogP) is 4.14. The lowest BCUT2D eigenvalue weighted by Crippen LogP contribution is -2.45. The zero-order valence-corrected chi connectivity index (χ0v) is 18.7. The van der Waals surface area contributed by atoms with Gasteiger partial charge in [-0.25, -0.2) is 4.39 Å². The van der Waals surface area contributed by atoms with Crippen LogP contribution in [0, 0.1) is 18.7 Å². The summed E-state index contributed by atoms with van der Waals surface area (Å²) in [7, 11) is 0. The molecule has 2 aliphatic rings. The minimum absolute atomic E-state index is 0.0144. The first-order valence-electron chi connectivity index (χ1n) is 10.9. The molecule has 1 aliphatic heterocycles. The Labute approximate surface area is 186 Å². The third-order valence-corrected chi connectivity index (χ3v) is 6.96. The van der Waals surface area contributed by atoms with E-state index in [0.29, 0.717) is 19.6 Å². The number of aryl methyl sites for hydroxylation is 1. The van der Waals surface area contributed by atoms with E-state index >= 15 is 0 Å². The van der Waals surface area contributed by atoms with E-state index in [1.807, 2.05) is 18.4 Å². The minimum atomic E-state index is -0.298. The Morgan fingerprint density at radius 1 is 1.10 bits per heavy atom. The molecular weight excluding hydrogens is 415 g/mol. The summed E-state index contributed by atoms with van der Waals surface area (Å²) < 4.78 is 19.1. The molecule has 2 heterocycles. The first kappa shape index (κ1) is 22.0. The summed E-state index contributed by atoms with van der Waals surface area (Å²) in [6.45, 7) is 4.14. The third kappa shape index (κ3) is 5.92. The number of amides is 2. The van der Waals surface area contributed by atoms with E-state index in [1.54, 1.807) is 33.3 Å². The molecule has 7 heteroatoms. The van der Waals surface area contributed by atoms with Gasteiger partial charge in [0.15, 0.2) is 0 Å². The van der Waals surface area contributed by atoms with Crippen molar-refractivity contribution >= 4 is 23.2 Å². The highest BCUT2D eigenvalue weighted by atomic mass is 32.1. The SMILES string of the molecule is Cc1ccsc1CN(Cc1ccc(F)cc1)C(=O)CN(CC1CCCO1)C(=O)C1CC1. The molecule has 1 aromatic carbocycles. The van der Waals surface area contributed by atoms with E-state index in [-0.39, 0.29) is 36.2 Å². The number of hydrogen-bond donors (Lipinski definition) is 0. The molecule has 2 aromatic rings. The highest BCUT2D eigenvalue weighted by Gasteiger charge is 2.36. The van der Waals surface area contributed by atoms with Crippen LogP contribution in [0.25, 0.3) is 0 Å². The van der Waals surface area contributed by atoms with Crippen LogP contribution in [0.15, 0.2) is 35.7 Å². The van der Waals surface area contributed by atoms with Crippen molar-refractivity contribution in [3.8, 4) is 0 Å². The van der Waals surface area contributed by atoms with Gasteiger partial charge in [-0.05, 0) is 67.3 Å². The van der Waals surface area contributed by atoms with Crippen molar-refractivity contribution < 1.29 is 18.7 Å². The summed E-state index contributed by atoms with van der Waals surface area (Å²) >= 11 is 1.62.